The first-order valence-corrected chi connectivity index (χ1v) is 11.3. The van der Waals surface area contributed by atoms with E-state index in [1.807, 2.05) is 6.08 Å². The van der Waals surface area contributed by atoms with Crippen LogP contribution in [-0.2, 0) is 4.79 Å². The zero-order valence-electron chi connectivity index (χ0n) is 17.3. The number of allylic oxidation sites excluding steroid dienone is 1. The van der Waals surface area contributed by atoms with Crippen LogP contribution in [0.5, 0.6) is 0 Å². The van der Waals surface area contributed by atoms with Gasteiger partial charge in [-0.1, -0.05) is 48.5 Å². The lowest BCUT2D eigenvalue weighted by atomic mass is 9.49. The third kappa shape index (κ3) is 3.06. The molecule has 0 aliphatic heterocycles. The van der Waals surface area contributed by atoms with Gasteiger partial charge in [-0.15, -0.1) is 0 Å². The van der Waals surface area contributed by atoms with Gasteiger partial charge in [0, 0.05) is 17.9 Å². The van der Waals surface area contributed by atoms with Gasteiger partial charge < -0.3 is 0 Å². The molecule has 0 bridgehead atoms. The fourth-order valence-corrected chi connectivity index (χ4v) is 7.28. The summed E-state index contributed by atoms with van der Waals surface area (Å²) in [7, 11) is 0. The van der Waals surface area contributed by atoms with Crippen LogP contribution in [0.25, 0.3) is 0 Å². The molecule has 4 aliphatic carbocycles. The highest BCUT2D eigenvalue weighted by Gasteiger charge is 2.55. The molecule has 0 unspecified atom stereocenters. The number of fused-ring (bicyclic) bond motifs is 5. The van der Waals surface area contributed by atoms with E-state index in [9.17, 15) is 4.79 Å². The van der Waals surface area contributed by atoms with Crippen molar-refractivity contribution in [3.05, 3.63) is 47.0 Å². The van der Waals surface area contributed by atoms with E-state index in [0.717, 1.165) is 36.7 Å². The van der Waals surface area contributed by atoms with E-state index in [1.54, 1.807) is 0 Å². The van der Waals surface area contributed by atoms with E-state index in [1.165, 1.54) is 43.2 Å². The number of aryl methyl sites for hydroxylation is 1. The van der Waals surface area contributed by atoms with Crippen molar-refractivity contribution in [2.75, 3.05) is 0 Å². The predicted molar refractivity (Wildman–Crippen MR) is 114 cm³/mol. The van der Waals surface area contributed by atoms with Crippen molar-refractivity contribution in [3.63, 3.8) is 0 Å². The highest BCUT2D eigenvalue weighted by molar-refractivity contribution is 5.91. The van der Waals surface area contributed by atoms with Gasteiger partial charge >= 0.3 is 0 Å². The molecular formula is C27H32O. The van der Waals surface area contributed by atoms with Crippen molar-refractivity contribution < 1.29 is 4.79 Å². The van der Waals surface area contributed by atoms with E-state index >= 15 is 0 Å². The number of benzene rings is 1. The summed E-state index contributed by atoms with van der Waals surface area (Å²) in [6.45, 7) is 4.68. The molecule has 4 aliphatic rings. The van der Waals surface area contributed by atoms with Crippen LogP contribution in [0.2, 0.25) is 0 Å². The Morgan fingerprint density at radius 2 is 1.89 bits per heavy atom. The molecule has 3 fully saturated rings. The minimum atomic E-state index is 0.355. The fourth-order valence-electron chi connectivity index (χ4n) is 7.28. The molecule has 146 valence electrons. The zero-order chi connectivity index (χ0) is 19.3. The van der Waals surface area contributed by atoms with Gasteiger partial charge in [-0.3, -0.25) is 4.79 Å². The molecule has 3 saturated carbocycles. The SMILES string of the molecule is Cc1ccc(C#C[C@H]2C[C@]3(C)CCC[C@H]3[C@@H]3CCC4=CC(=O)CC[C@@H]4[C@H]32)cc1. The first-order chi connectivity index (χ1) is 13.5. The van der Waals surface area contributed by atoms with Crippen molar-refractivity contribution in [1.29, 1.82) is 0 Å². The quantitative estimate of drug-likeness (QED) is 0.503. The fraction of sp³-hybridized carbons (Fsp3) is 0.593. The molecule has 0 spiro atoms. The van der Waals surface area contributed by atoms with Crippen LogP contribution >= 0.6 is 0 Å². The van der Waals surface area contributed by atoms with Crippen LogP contribution in [0.3, 0.4) is 0 Å². The smallest absolute Gasteiger partial charge is 0.155 e. The summed E-state index contributed by atoms with van der Waals surface area (Å²) >= 11 is 0. The molecule has 28 heavy (non-hydrogen) atoms. The van der Waals surface area contributed by atoms with Gasteiger partial charge in [0.25, 0.3) is 0 Å². The molecule has 0 amide bonds. The molecule has 0 N–H and O–H groups in total. The second kappa shape index (κ2) is 6.91. The molecule has 0 saturated heterocycles. The minimum Gasteiger partial charge on any atom is -0.295 e. The van der Waals surface area contributed by atoms with Crippen molar-refractivity contribution in [2.24, 2.45) is 35.0 Å². The lowest BCUT2D eigenvalue weighted by molar-refractivity contribution is -0.116. The van der Waals surface area contributed by atoms with Crippen LogP contribution in [0.1, 0.15) is 69.4 Å². The maximum atomic E-state index is 12.0. The number of carbonyl (C=O) groups excluding carboxylic acids is 1. The molecule has 1 heteroatoms. The van der Waals surface area contributed by atoms with Crippen molar-refractivity contribution in [3.8, 4) is 11.8 Å². The second-order valence-electron chi connectivity index (χ2n) is 10.2. The Balaban J connectivity index is 1.51. The predicted octanol–water partition coefficient (Wildman–Crippen LogP) is 6.10. The second-order valence-corrected chi connectivity index (χ2v) is 10.2. The standard InChI is InChI=1S/C27H32O/c1-18-5-7-19(8-6-18)9-10-21-17-27(2)15-3-4-25(27)24-13-11-20-16-22(28)12-14-23(20)26(21)24/h5-8,16,21,23-26H,3-4,11-15,17H2,1-2H3/t21-,23-,24-,25-,26+,27-/m0/s1. The molecule has 0 radical (unpaired) electrons. The summed E-state index contributed by atoms with van der Waals surface area (Å²) in [5.41, 5.74) is 4.38. The Morgan fingerprint density at radius 3 is 2.71 bits per heavy atom. The Labute approximate surface area is 170 Å². The lowest BCUT2D eigenvalue weighted by Gasteiger charge is -2.55. The van der Waals surface area contributed by atoms with E-state index in [-0.39, 0.29) is 0 Å². The molecule has 5 rings (SSSR count). The zero-order valence-corrected chi connectivity index (χ0v) is 17.3. The van der Waals surface area contributed by atoms with Gasteiger partial charge in [-0.05, 0) is 92.7 Å². The molecule has 0 heterocycles. The normalized spacial score (nSPS) is 39.1. The number of ketones is 1. The van der Waals surface area contributed by atoms with Crippen LogP contribution in [-0.4, -0.2) is 5.78 Å². The average Bonchev–Trinajstić information content (AvgIpc) is 3.08. The monoisotopic (exact) mass is 372 g/mol. The average molecular weight is 373 g/mol. The number of hydrogen-bond donors (Lipinski definition) is 0. The largest absolute Gasteiger partial charge is 0.295 e. The van der Waals surface area contributed by atoms with Crippen LogP contribution in [0.4, 0.5) is 0 Å². The topological polar surface area (TPSA) is 17.1 Å². The highest BCUT2D eigenvalue weighted by Crippen LogP contribution is 2.63. The van der Waals surface area contributed by atoms with Crippen LogP contribution in [0, 0.1) is 53.8 Å². The Hall–Kier alpha value is -1.81. The number of hydrogen-bond acceptors (Lipinski definition) is 1. The third-order valence-electron chi connectivity index (χ3n) is 8.53. The molecule has 1 aromatic rings. The van der Waals surface area contributed by atoms with Crippen molar-refractivity contribution in [2.45, 2.75) is 65.2 Å². The molecule has 0 aromatic heterocycles. The summed E-state index contributed by atoms with van der Waals surface area (Å²) in [6.07, 6.45) is 11.7. The highest BCUT2D eigenvalue weighted by atomic mass is 16.1. The van der Waals surface area contributed by atoms with Crippen molar-refractivity contribution >= 4 is 5.78 Å². The van der Waals surface area contributed by atoms with Crippen molar-refractivity contribution in [1.82, 2.24) is 0 Å². The third-order valence-corrected chi connectivity index (χ3v) is 8.53. The van der Waals surface area contributed by atoms with Crippen LogP contribution < -0.4 is 0 Å². The molecule has 1 aromatic carbocycles. The van der Waals surface area contributed by atoms with Gasteiger partial charge in [-0.2, -0.15) is 0 Å². The number of carbonyl (C=O) groups is 1. The first kappa shape index (κ1) is 18.2. The summed E-state index contributed by atoms with van der Waals surface area (Å²) in [6, 6.07) is 8.65. The lowest BCUT2D eigenvalue weighted by Crippen LogP contribution is -2.48. The number of rotatable bonds is 0. The van der Waals surface area contributed by atoms with Gasteiger partial charge in [0.15, 0.2) is 5.78 Å². The van der Waals surface area contributed by atoms with Gasteiger partial charge in [-0.25, -0.2) is 0 Å². The van der Waals surface area contributed by atoms with E-state index < -0.39 is 0 Å². The first-order valence-electron chi connectivity index (χ1n) is 11.3. The summed E-state index contributed by atoms with van der Waals surface area (Å²) in [5.74, 6) is 11.1. The Morgan fingerprint density at radius 1 is 1.07 bits per heavy atom. The summed E-state index contributed by atoms with van der Waals surface area (Å²) < 4.78 is 0. The maximum Gasteiger partial charge on any atom is 0.155 e. The Bertz CT molecular complexity index is 864. The molecule has 1 nitrogen and oxygen atoms in total. The maximum absolute atomic E-state index is 12.0. The summed E-state index contributed by atoms with van der Waals surface area (Å²) in [5, 5.41) is 0. The van der Waals surface area contributed by atoms with E-state index in [2.05, 4.69) is 50.0 Å². The molecular weight excluding hydrogens is 340 g/mol. The van der Waals surface area contributed by atoms with Gasteiger partial charge in [0.1, 0.15) is 0 Å². The van der Waals surface area contributed by atoms with Crippen LogP contribution in [0.15, 0.2) is 35.9 Å². The molecule has 6 atom stereocenters. The Kier molecular flexibility index (Phi) is 4.50. The van der Waals surface area contributed by atoms with E-state index in [4.69, 9.17) is 0 Å². The van der Waals surface area contributed by atoms with Gasteiger partial charge in [0.05, 0.1) is 0 Å². The van der Waals surface area contributed by atoms with Gasteiger partial charge in [0.2, 0.25) is 0 Å². The minimum absolute atomic E-state index is 0.355. The van der Waals surface area contributed by atoms with E-state index in [0.29, 0.717) is 29.0 Å². The summed E-state index contributed by atoms with van der Waals surface area (Å²) in [4.78, 5) is 12.0.